The predicted molar refractivity (Wildman–Crippen MR) is 132 cm³/mol. The second kappa shape index (κ2) is 10.8. The molecule has 3 aromatic rings. The molecule has 0 saturated carbocycles. The molecule has 1 aliphatic rings. The summed E-state index contributed by atoms with van der Waals surface area (Å²) < 4.78 is 5.20. The Bertz CT molecular complexity index is 1080. The first kappa shape index (κ1) is 23.2. The third-order valence-corrected chi connectivity index (χ3v) is 6.14. The number of carbonyl (C=O) groups is 1. The number of nitrogens with one attached hydrogen (secondary N) is 1. The molecular formula is C26H29ClN4O2. The Morgan fingerprint density at radius 3 is 2.48 bits per heavy atom. The second-order valence-corrected chi connectivity index (χ2v) is 8.90. The van der Waals surface area contributed by atoms with Gasteiger partial charge >= 0.3 is 5.97 Å². The van der Waals surface area contributed by atoms with E-state index in [1.807, 2.05) is 24.3 Å². The highest BCUT2D eigenvalue weighted by molar-refractivity contribution is 6.30. The van der Waals surface area contributed by atoms with E-state index in [-0.39, 0.29) is 6.61 Å². The van der Waals surface area contributed by atoms with Gasteiger partial charge in [-0.15, -0.1) is 0 Å². The number of hydrogen-bond acceptors (Lipinski definition) is 6. The molecule has 0 aliphatic carbocycles. The zero-order valence-electron chi connectivity index (χ0n) is 19.1. The lowest BCUT2D eigenvalue weighted by molar-refractivity contribution is 0.0526. The van der Waals surface area contributed by atoms with Crippen LogP contribution in [0.1, 0.15) is 42.6 Å². The average molecular weight is 465 g/mol. The number of hydrogen-bond donors (Lipinski definition) is 1. The highest BCUT2D eigenvalue weighted by atomic mass is 35.5. The van der Waals surface area contributed by atoms with Gasteiger partial charge in [-0.2, -0.15) is 0 Å². The number of ether oxygens (including phenoxy) is 1. The molecule has 2 heterocycles. The first-order valence-corrected chi connectivity index (χ1v) is 11.8. The van der Waals surface area contributed by atoms with E-state index in [1.54, 1.807) is 19.1 Å². The largest absolute Gasteiger partial charge is 0.462 e. The molecule has 0 atom stereocenters. The summed E-state index contributed by atoms with van der Waals surface area (Å²) in [5.41, 5.74) is 3.22. The predicted octanol–water partition coefficient (Wildman–Crippen LogP) is 5.95. The third kappa shape index (κ3) is 6.09. The molecule has 172 valence electrons. The molecule has 0 spiro atoms. The van der Waals surface area contributed by atoms with Gasteiger partial charge in [-0.3, -0.25) is 4.90 Å². The summed E-state index contributed by atoms with van der Waals surface area (Å²) >= 11 is 6.00. The number of carbonyl (C=O) groups excluding carboxylic acids is 1. The summed E-state index contributed by atoms with van der Waals surface area (Å²) in [6.45, 7) is 7.64. The zero-order chi connectivity index (χ0) is 23.2. The van der Waals surface area contributed by atoms with Crippen LogP contribution in [0.3, 0.4) is 0 Å². The number of anilines is 2. The maximum Gasteiger partial charge on any atom is 0.343 e. The van der Waals surface area contributed by atoms with Crippen LogP contribution in [-0.4, -0.2) is 40.5 Å². The summed E-state index contributed by atoms with van der Waals surface area (Å²) in [4.78, 5) is 24.0. The number of esters is 1. The number of rotatable bonds is 7. The van der Waals surface area contributed by atoms with E-state index < -0.39 is 5.97 Å². The van der Waals surface area contributed by atoms with Gasteiger partial charge in [-0.1, -0.05) is 30.7 Å². The molecule has 0 amide bonds. The molecule has 1 fully saturated rings. The van der Waals surface area contributed by atoms with Gasteiger partial charge in [-0.25, -0.2) is 14.8 Å². The van der Waals surface area contributed by atoms with Crippen molar-refractivity contribution >= 4 is 29.1 Å². The lowest BCUT2D eigenvalue weighted by atomic mass is 9.99. The number of benzene rings is 2. The molecular weight excluding hydrogens is 436 g/mol. The van der Waals surface area contributed by atoms with Crippen molar-refractivity contribution in [1.82, 2.24) is 14.9 Å². The lowest BCUT2D eigenvalue weighted by Crippen LogP contribution is -2.32. The van der Waals surface area contributed by atoms with Crippen LogP contribution in [0.5, 0.6) is 0 Å². The number of piperidine rings is 1. The SMILES string of the molecule is CCOC(=O)c1cnc(-c2ccc(Cl)cc2)nc1Nc1ccc(CN2CCC(C)CC2)cc1. The fraction of sp³-hybridized carbons (Fsp3) is 0.346. The molecule has 1 N–H and O–H groups in total. The van der Waals surface area contributed by atoms with Crippen molar-refractivity contribution in [3.63, 3.8) is 0 Å². The molecule has 2 aromatic carbocycles. The van der Waals surface area contributed by atoms with E-state index in [9.17, 15) is 4.79 Å². The molecule has 7 heteroatoms. The highest BCUT2D eigenvalue weighted by Crippen LogP contribution is 2.25. The van der Waals surface area contributed by atoms with Gasteiger partial charge in [0, 0.05) is 29.0 Å². The summed E-state index contributed by atoms with van der Waals surface area (Å²) in [5, 5.41) is 3.92. The van der Waals surface area contributed by atoms with E-state index in [2.05, 4.69) is 39.2 Å². The third-order valence-electron chi connectivity index (χ3n) is 5.89. The number of aromatic nitrogens is 2. The van der Waals surface area contributed by atoms with E-state index in [0.717, 1.165) is 36.8 Å². The van der Waals surface area contributed by atoms with Crippen LogP contribution < -0.4 is 5.32 Å². The Morgan fingerprint density at radius 2 is 1.82 bits per heavy atom. The lowest BCUT2D eigenvalue weighted by Gasteiger charge is -2.30. The van der Waals surface area contributed by atoms with E-state index in [1.165, 1.54) is 24.6 Å². The van der Waals surface area contributed by atoms with Crippen molar-refractivity contribution in [2.45, 2.75) is 33.2 Å². The quantitative estimate of drug-likeness (QED) is 0.436. The molecule has 1 aliphatic heterocycles. The van der Waals surface area contributed by atoms with E-state index in [0.29, 0.717) is 22.2 Å². The Hall–Kier alpha value is -2.96. The van der Waals surface area contributed by atoms with Crippen LogP contribution in [0.25, 0.3) is 11.4 Å². The first-order valence-electron chi connectivity index (χ1n) is 11.4. The van der Waals surface area contributed by atoms with Crippen molar-refractivity contribution in [2.24, 2.45) is 5.92 Å². The molecule has 0 bridgehead atoms. The number of likely N-dealkylation sites (tertiary alicyclic amines) is 1. The van der Waals surface area contributed by atoms with Crippen LogP contribution in [0.4, 0.5) is 11.5 Å². The zero-order valence-corrected chi connectivity index (χ0v) is 19.8. The minimum absolute atomic E-state index is 0.279. The summed E-state index contributed by atoms with van der Waals surface area (Å²) in [6, 6.07) is 15.5. The standard InChI is InChI=1S/C26H29ClN4O2/c1-3-33-26(32)23-16-28-24(20-6-8-21(27)9-7-20)30-25(23)29-22-10-4-19(5-11-22)17-31-14-12-18(2)13-15-31/h4-11,16,18H,3,12-15,17H2,1-2H3,(H,28,29,30). The van der Waals surface area contributed by atoms with Crippen molar-refractivity contribution in [2.75, 3.05) is 25.0 Å². The molecule has 1 saturated heterocycles. The topological polar surface area (TPSA) is 67.3 Å². The van der Waals surface area contributed by atoms with Crippen molar-refractivity contribution in [3.8, 4) is 11.4 Å². The smallest absolute Gasteiger partial charge is 0.343 e. The van der Waals surface area contributed by atoms with Crippen LogP contribution in [0.2, 0.25) is 5.02 Å². The van der Waals surface area contributed by atoms with Crippen LogP contribution in [0.15, 0.2) is 54.7 Å². The maximum absolute atomic E-state index is 12.5. The number of halogens is 1. The number of nitrogens with zero attached hydrogens (tertiary/aromatic N) is 3. The maximum atomic E-state index is 12.5. The fourth-order valence-electron chi connectivity index (χ4n) is 3.88. The molecule has 4 rings (SSSR count). The van der Waals surface area contributed by atoms with Gasteiger partial charge in [-0.05, 0) is 80.7 Å². The van der Waals surface area contributed by atoms with E-state index in [4.69, 9.17) is 16.3 Å². The van der Waals surface area contributed by atoms with Crippen molar-refractivity contribution < 1.29 is 9.53 Å². The Balaban J connectivity index is 1.54. The molecule has 33 heavy (non-hydrogen) atoms. The minimum Gasteiger partial charge on any atom is -0.462 e. The summed E-state index contributed by atoms with van der Waals surface area (Å²) in [6.07, 6.45) is 4.03. The molecule has 6 nitrogen and oxygen atoms in total. The van der Waals surface area contributed by atoms with Gasteiger partial charge in [0.05, 0.1) is 6.61 Å². The Morgan fingerprint density at radius 1 is 1.12 bits per heavy atom. The first-order chi connectivity index (χ1) is 16.0. The van der Waals surface area contributed by atoms with Gasteiger partial charge in [0.25, 0.3) is 0 Å². The Kier molecular flexibility index (Phi) is 7.57. The molecule has 0 radical (unpaired) electrons. The van der Waals surface area contributed by atoms with Crippen LogP contribution in [-0.2, 0) is 11.3 Å². The van der Waals surface area contributed by atoms with Gasteiger partial charge < -0.3 is 10.1 Å². The average Bonchev–Trinajstić information content (AvgIpc) is 2.82. The highest BCUT2D eigenvalue weighted by Gasteiger charge is 2.18. The summed E-state index contributed by atoms with van der Waals surface area (Å²) in [5.74, 6) is 1.27. The fourth-order valence-corrected chi connectivity index (χ4v) is 4.01. The molecule has 1 aromatic heterocycles. The van der Waals surface area contributed by atoms with Crippen molar-refractivity contribution in [3.05, 3.63) is 70.9 Å². The van der Waals surface area contributed by atoms with Crippen LogP contribution in [0, 0.1) is 5.92 Å². The van der Waals surface area contributed by atoms with E-state index >= 15 is 0 Å². The van der Waals surface area contributed by atoms with Crippen LogP contribution >= 0.6 is 11.6 Å². The van der Waals surface area contributed by atoms with Gasteiger partial charge in [0.1, 0.15) is 11.4 Å². The molecule has 0 unspecified atom stereocenters. The Labute approximate surface area is 200 Å². The minimum atomic E-state index is -0.460. The van der Waals surface area contributed by atoms with Gasteiger partial charge in [0.15, 0.2) is 5.82 Å². The van der Waals surface area contributed by atoms with Gasteiger partial charge in [0.2, 0.25) is 0 Å². The normalized spacial score (nSPS) is 14.8. The van der Waals surface area contributed by atoms with Crippen molar-refractivity contribution in [1.29, 1.82) is 0 Å². The monoisotopic (exact) mass is 464 g/mol. The summed E-state index contributed by atoms with van der Waals surface area (Å²) in [7, 11) is 0. The second-order valence-electron chi connectivity index (χ2n) is 8.46.